The largest absolute Gasteiger partial charge is 0.423 e. The first-order chi connectivity index (χ1) is 9.54. The number of halogens is 1. The summed E-state index contributed by atoms with van der Waals surface area (Å²) in [6, 6.07) is 13.0. The second kappa shape index (κ2) is 6.40. The van der Waals surface area contributed by atoms with Gasteiger partial charge in [0, 0.05) is 11.1 Å². The summed E-state index contributed by atoms with van der Waals surface area (Å²) in [6.07, 6.45) is 3.02. The molecule has 0 bridgehead atoms. The molecule has 0 amide bonds. The molecule has 2 nitrogen and oxygen atoms in total. The van der Waals surface area contributed by atoms with Gasteiger partial charge in [0.15, 0.2) is 0 Å². The van der Waals surface area contributed by atoms with E-state index in [0.29, 0.717) is 10.8 Å². The van der Waals surface area contributed by atoms with E-state index in [1.165, 1.54) is 6.08 Å². The van der Waals surface area contributed by atoms with Gasteiger partial charge in [0.05, 0.1) is 0 Å². The summed E-state index contributed by atoms with van der Waals surface area (Å²) < 4.78 is 5.27. The average Bonchev–Trinajstić information content (AvgIpc) is 2.36. The van der Waals surface area contributed by atoms with Crippen LogP contribution in [0.15, 0.2) is 48.5 Å². The van der Waals surface area contributed by atoms with Crippen molar-refractivity contribution < 1.29 is 9.53 Å². The molecule has 0 aliphatic rings. The van der Waals surface area contributed by atoms with Crippen LogP contribution in [0.3, 0.4) is 0 Å². The minimum atomic E-state index is -0.421. The molecule has 102 valence electrons. The van der Waals surface area contributed by atoms with Gasteiger partial charge in [-0.15, -0.1) is 0 Å². The zero-order valence-electron chi connectivity index (χ0n) is 11.4. The Morgan fingerprint density at radius 1 is 1.10 bits per heavy atom. The molecule has 0 heterocycles. The SMILES string of the molecule is Cc1cc(C)cc(OC(=O)/C=C/c2ccccc2Cl)c1. The maximum atomic E-state index is 11.8. The summed E-state index contributed by atoms with van der Waals surface area (Å²) in [6.45, 7) is 3.92. The summed E-state index contributed by atoms with van der Waals surface area (Å²) >= 11 is 6.01. The van der Waals surface area contributed by atoms with E-state index in [-0.39, 0.29) is 0 Å². The van der Waals surface area contributed by atoms with Gasteiger partial charge >= 0.3 is 5.97 Å². The molecule has 0 saturated heterocycles. The maximum Gasteiger partial charge on any atom is 0.336 e. The number of hydrogen-bond acceptors (Lipinski definition) is 2. The molecule has 2 rings (SSSR count). The lowest BCUT2D eigenvalue weighted by molar-refractivity contribution is -0.128. The first kappa shape index (κ1) is 14.4. The highest BCUT2D eigenvalue weighted by molar-refractivity contribution is 6.32. The predicted octanol–water partition coefficient (Wildman–Crippen LogP) is 4.58. The van der Waals surface area contributed by atoms with Crippen molar-refractivity contribution in [3.63, 3.8) is 0 Å². The van der Waals surface area contributed by atoms with Crippen molar-refractivity contribution in [1.82, 2.24) is 0 Å². The van der Waals surface area contributed by atoms with E-state index < -0.39 is 5.97 Å². The minimum Gasteiger partial charge on any atom is -0.423 e. The molecule has 3 heteroatoms. The lowest BCUT2D eigenvalue weighted by Gasteiger charge is -2.04. The number of esters is 1. The Hall–Kier alpha value is -2.06. The van der Waals surface area contributed by atoms with Crippen molar-refractivity contribution in [2.45, 2.75) is 13.8 Å². The number of rotatable bonds is 3. The molecule has 2 aromatic carbocycles. The zero-order valence-corrected chi connectivity index (χ0v) is 12.1. The highest BCUT2D eigenvalue weighted by Gasteiger charge is 2.02. The van der Waals surface area contributed by atoms with Crippen LogP contribution in [0, 0.1) is 13.8 Å². The van der Waals surface area contributed by atoms with Crippen molar-refractivity contribution in [1.29, 1.82) is 0 Å². The fraction of sp³-hybridized carbons (Fsp3) is 0.118. The molecule has 0 N–H and O–H groups in total. The molecular formula is C17H15ClO2. The van der Waals surface area contributed by atoms with Crippen molar-refractivity contribution in [3.05, 3.63) is 70.3 Å². The smallest absolute Gasteiger partial charge is 0.336 e. The molecule has 0 fully saturated rings. The number of carbonyl (C=O) groups excluding carboxylic acids is 1. The van der Waals surface area contributed by atoms with E-state index in [9.17, 15) is 4.79 Å². The number of ether oxygens (including phenoxy) is 1. The third kappa shape index (κ3) is 3.97. The van der Waals surface area contributed by atoms with Gasteiger partial charge in [-0.1, -0.05) is 35.9 Å². The van der Waals surface area contributed by atoms with Gasteiger partial charge in [0.1, 0.15) is 5.75 Å². The van der Waals surface area contributed by atoms with Gasteiger partial charge in [-0.05, 0) is 54.8 Å². The molecule has 0 aromatic heterocycles. The molecule has 0 unspecified atom stereocenters. The zero-order chi connectivity index (χ0) is 14.5. The first-order valence-corrected chi connectivity index (χ1v) is 6.65. The molecule has 2 aromatic rings. The van der Waals surface area contributed by atoms with Gasteiger partial charge in [-0.2, -0.15) is 0 Å². The highest BCUT2D eigenvalue weighted by Crippen LogP contribution is 2.18. The molecular weight excluding hydrogens is 272 g/mol. The summed E-state index contributed by atoms with van der Waals surface area (Å²) in [7, 11) is 0. The minimum absolute atomic E-state index is 0.421. The Kier molecular flexibility index (Phi) is 4.59. The van der Waals surface area contributed by atoms with Crippen LogP contribution in [0.2, 0.25) is 5.02 Å². The second-order valence-corrected chi connectivity index (χ2v) is 5.01. The van der Waals surface area contributed by atoms with Crippen LogP contribution in [-0.2, 0) is 4.79 Å². The topological polar surface area (TPSA) is 26.3 Å². The Balaban J connectivity index is 2.07. The van der Waals surface area contributed by atoms with Crippen molar-refractivity contribution >= 4 is 23.6 Å². The van der Waals surface area contributed by atoms with E-state index in [1.807, 2.05) is 50.2 Å². The molecule has 0 aliphatic heterocycles. The van der Waals surface area contributed by atoms with Crippen LogP contribution in [0.4, 0.5) is 0 Å². The van der Waals surface area contributed by atoms with E-state index in [4.69, 9.17) is 16.3 Å². The summed E-state index contributed by atoms with van der Waals surface area (Å²) in [5.41, 5.74) is 2.90. The Bertz CT molecular complexity index is 640. The van der Waals surface area contributed by atoms with Crippen LogP contribution >= 0.6 is 11.6 Å². The standard InChI is InChI=1S/C17H15ClO2/c1-12-9-13(2)11-15(10-12)20-17(19)8-7-14-5-3-4-6-16(14)18/h3-11H,1-2H3/b8-7+. The average molecular weight is 287 g/mol. The number of hydrogen-bond donors (Lipinski definition) is 0. The van der Waals surface area contributed by atoms with Crippen LogP contribution in [0.1, 0.15) is 16.7 Å². The van der Waals surface area contributed by atoms with Gasteiger partial charge in [0.25, 0.3) is 0 Å². The first-order valence-electron chi connectivity index (χ1n) is 6.27. The Morgan fingerprint density at radius 2 is 1.75 bits per heavy atom. The number of aryl methyl sites for hydroxylation is 2. The van der Waals surface area contributed by atoms with Crippen molar-refractivity contribution in [2.24, 2.45) is 0 Å². The third-order valence-electron chi connectivity index (χ3n) is 2.72. The van der Waals surface area contributed by atoms with E-state index in [2.05, 4.69) is 0 Å². The quantitative estimate of drug-likeness (QED) is 0.469. The number of benzene rings is 2. The Labute approximate surface area is 123 Å². The lowest BCUT2D eigenvalue weighted by atomic mass is 10.1. The monoisotopic (exact) mass is 286 g/mol. The maximum absolute atomic E-state index is 11.8. The second-order valence-electron chi connectivity index (χ2n) is 4.60. The summed E-state index contributed by atoms with van der Waals surface area (Å²) in [5, 5.41) is 0.600. The van der Waals surface area contributed by atoms with Crippen molar-refractivity contribution in [2.75, 3.05) is 0 Å². The lowest BCUT2D eigenvalue weighted by Crippen LogP contribution is -2.04. The van der Waals surface area contributed by atoms with Gasteiger partial charge in [-0.3, -0.25) is 0 Å². The molecule has 0 atom stereocenters. The van der Waals surface area contributed by atoms with Gasteiger partial charge < -0.3 is 4.74 Å². The van der Waals surface area contributed by atoms with Gasteiger partial charge in [-0.25, -0.2) is 4.79 Å². The number of carbonyl (C=O) groups is 1. The molecule has 0 aliphatic carbocycles. The molecule has 0 spiro atoms. The van der Waals surface area contributed by atoms with E-state index in [0.717, 1.165) is 16.7 Å². The normalized spacial score (nSPS) is 10.8. The molecule has 20 heavy (non-hydrogen) atoms. The summed E-state index contributed by atoms with van der Waals surface area (Å²) in [5.74, 6) is 0.131. The highest BCUT2D eigenvalue weighted by atomic mass is 35.5. The fourth-order valence-electron chi connectivity index (χ4n) is 1.91. The molecule has 0 saturated carbocycles. The van der Waals surface area contributed by atoms with E-state index in [1.54, 1.807) is 12.1 Å². The van der Waals surface area contributed by atoms with Crippen LogP contribution in [0.25, 0.3) is 6.08 Å². The van der Waals surface area contributed by atoms with Crippen molar-refractivity contribution in [3.8, 4) is 5.75 Å². The van der Waals surface area contributed by atoms with Crippen LogP contribution < -0.4 is 4.74 Å². The fourth-order valence-corrected chi connectivity index (χ4v) is 2.11. The summed E-state index contributed by atoms with van der Waals surface area (Å²) in [4.78, 5) is 11.8. The van der Waals surface area contributed by atoms with Crippen LogP contribution in [-0.4, -0.2) is 5.97 Å². The van der Waals surface area contributed by atoms with Crippen LogP contribution in [0.5, 0.6) is 5.75 Å². The van der Waals surface area contributed by atoms with E-state index >= 15 is 0 Å². The predicted molar refractivity (Wildman–Crippen MR) is 82.0 cm³/mol. The van der Waals surface area contributed by atoms with Gasteiger partial charge in [0.2, 0.25) is 0 Å². The molecule has 0 radical (unpaired) electrons. The third-order valence-corrected chi connectivity index (χ3v) is 3.06. The Morgan fingerprint density at radius 3 is 2.40 bits per heavy atom.